The molecule has 1 N–H and O–H groups in total. The lowest BCUT2D eigenvalue weighted by Gasteiger charge is -2.32. The number of esters is 1. The molecular formula is C23H27NO4. The maximum Gasteiger partial charge on any atom is 0.348 e. The van der Waals surface area contributed by atoms with Crippen molar-refractivity contribution in [3.05, 3.63) is 71.8 Å². The highest BCUT2D eigenvalue weighted by Gasteiger charge is 2.45. The van der Waals surface area contributed by atoms with Crippen molar-refractivity contribution < 1.29 is 19.1 Å². The predicted molar refractivity (Wildman–Crippen MR) is 107 cm³/mol. The van der Waals surface area contributed by atoms with Crippen molar-refractivity contribution in [1.82, 2.24) is 5.32 Å². The molecule has 1 amide bonds. The molecule has 0 aromatic heterocycles. The Labute approximate surface area is 166 Å². The second kappa shape index (κ2) is 9.02. The quantitative estimate of drug-likeness (QED) is 0.676. The van der Waals surface area contributed by atoms with Crippen LogP contribution in [0.3, 0.4) is 0 Å². The monoisotopic (exact) mass is 381 g/mol. The van der Waals surface area contributed by atoms with E-state index in [2.05, 4.69) is 5.32 Å². The van der Waals surface area contributed by atoms with Crippen LogP contribution in [0.25, 0.3) is 0 Å². The van der Waals surface area contributed by atoms with E-state index in [0.717, 1.165) is 12.8 Å². The third-order valence-corrected chi connectivity index (χ3v) is 5.06. The topological polar surface area (TPSA) is 64.6 Å². The Kier molecular flexibility index (Phi) is 6.47. The molecule has 0 spiro atoms. The zero-order valence-electron chi connectivity index (χ0n) is 16.4. The van der Waals surface area contributed by atoms with Crippen molar-refractivity contribution in [3.8, 4) is 0 Å². The van der Waals surface area contributed by atoms with Crippen molar-refractivity contribution in [1.29, 1.82) is 0 Å². The number of hydrogen-bond acceptors (Lipinski definition) is 4. The van der Waals surface area contributed by atoms with Gasteiger partial charge in [0.2, 0.25) is 5.60 Å². The van der Waals surface area contributed by atoms with Crippen LogP contribution in [0.15, 0.2) is 60.7 Å². The van der Waals surface area contributed by atoms with Gasteiger partial charge in [-0.3, -0.25) is 4.79 Å². The molecule has 5 nitrogen and oxygen atoms in total. The second-order valence-electron chi connectivity index (χ2n) is 7.12. The fraction of sp³-hybridized carbons (Fsp3) is 0.391. The van der Waals surface area contributed by atoms with Gasteiger partial charge in [-0.1, -0.05) is 60.7 Å². The maximum absolute atomic E-state index is 13.3. The molecule has 0 radical (unpaired) electrons. The molecule has 2 aromatic rings. The number of amides is 1. The number of carbonyl (C=O) groups is 2. The maximum atomic E-state index is 13.3. The molecule has 148 valence electrons. The molecule has 0 heterocycles. The molecule has 3 rings (SSSR count). The summed E-state index contributed by atoms with van der Waals surface area (Å²) in [5.74, 6) is -0.351. The van der Waals surface area contributed by atoms with Gasteiger partial charge in [0.15, 0.2) is 6.61 Å². The van der Waals surface area contributed by atoms with Crippen LogP contribution in [-0.2, 0) is 24.7 Å². The number of carbonyl (C=O) groups excluding carboxylic acids is 2. The average molecular weight is 381 g/mol. The van der Waals surface area contributed by atoms with E-state index in [0.29, 0.717) is 23.7 Å². The van der Waals surface area contributed by atoms with Crippen molar-refractivity contribution >= 4 is 11.9 Å². The van der Waals surface area contributed by atoms with E-state index in [9.17, 15) is 9.59 Å². The number of rotatable bonds is 9. The van der Waals surface area contributed by atoms with E-state index in [1.54, 1.807) is 0 Å². The van der Waals surface area contributed by atoms with E-state index in [1.165, 1.54) is 0 Å². The van der Waals surface area contributed by atoms with Crippen LogP contribution >= 0.6 is 0 Å². The van der Waals surface area contributed by atoms with Gasteiger partial charge < -0.3 is 14.8 Å². The lowest BCUT2D eigenvalue weighted by Crippen LogP contribution is -2.44. The lowest BCUT2D eigenvalue weighted by molar-refractivity contribution is -0.170. The van der Waals surface area contributed by atoms with E-state index in [1.807, 2.05) is 74.5 Å². The summed E-state index contributed by atoms with van der Waals surface area (Å²) in [4.78, 5) is 25.5. The molecule has 1 aliphatic rings. The minimum Gasteiger partial charge on any atom is -0.453 e. The first-order chi connectivity index (χ1) is 13.6. The molecular weight excluding hydrogens is 354 g/mol. The summed E-state index contributed by atoms with van der Waals surface area (Å²) >= 11 is 0. The van der Waals surface area contributed by atoms with Gasteiger partial charge >= 0.3 is 5.97 Å². The molecule has 0 saturated heterocycles. The zero-order valence-corrected chi connectivity index (χ0v) is 16.4. The standard InChI is InChI=1S/C23H27NO4/c1-3-28-23(19-10-6-4-7-11-19,20-12-8-5-9-13-20)22(26)27-16-21(25)24-17(2)18-14-15-18/h4-13,17-18H,3,14-16H2,1-2H3,(H,24,25)/t17-/m0/s1. The minimum atomic E-state index is -1.42. The fourth-order valence-corrected chi connectivity index (χ4v) is 3.43. The third-order valence-electron chi connectivity index (χ3n) is 5.06. The van der Waals surface area contributed by atoms with Crippen LogP contribution in [-0.4, -0.2) is 31.1 Å². The summed E-state index contributed by atoms with van der Waals surface area (Å²) in [5.41, 5.74) is -0.0840. The van der Waals surface area contributed by atoms with Crippen molar-refractivity contribution in [2.75, 3.05) is 13.2 Å². The molecule has 5 heteroatoms. The highest BCUT2D eigenvalue weighted by atomic mass is 16.6. The molecule has 1 atom stereocenters. The Balaban J connectivity index is 1.83. The Morgan fingerprint density at radius 1 is 1.04 bits per heavy atom. The first kappa shape index (κ1) is 20.1. The lowest BCUT2D eigenvalue weighted by atomic mass is 9.86. The second-order valence-corrected chi connectivity index (χ2v) is 7.12. The van der Waals surface area contributed by atoms with Crippen molar-refractivity contribution in [2.45, 2.75) is 38.3 Å². The molecule has 0 bridgehead atoms. The van der Waals surface area contributed by atoms with Gasteiger partial charge in [0, 0.05) is 12.6 Å². The van der Waals surface area contributed by atoms with Crippen LogP contribution in [0.5, 0.6) is 0 Å². The van der Waals surface area contributed by atoms with Gasteiger partial charge in [0.1, 0.15) is 0 Å². The van der Waals surface area contributed by atoms with Gasteiger partial charge in [0.05, 0.1) is 0 Å². The van der Waals surface area contributed by atoms with Crippen molar-refractivity contribution in [3.63, 3.8) is 0 Å². The summed E-state index contributed by atoms with van der Waals surface area (Å²) < 4.78 is 11.5. The molecule has 1 fully saturated rings. The average Bonchev–Trinajstić information content (AvgIpc) is 3.57. The highest BCUT2D eigenvalue weighted by Crippen LogP contribution is 2.35. The molecule has 0 aliphatic heterocycles. The number of hydrogen-bond donors (Lipinski definition) is 1. The van der Waals surface area contributed by atoms with E-state index < -0.39 is 11.6 Å². The number of benzene rings is 2. The first-order valence-electron chi connectivity index (χ1n) is 9.79. The third kappa shape index (κ3) is 4.42. The van der Waals surface area contributed by atoms with Gasteiger partial charge in [-0.2, -0.15) is 0 Å². The van der Waals surface area contributed by atoms with Gasteiger partial charge in [-0.05, 0) is 43.7 Å². The van der Waals surface area contributed by atoms with Gasteiger partial charge in [-0.25, -0.2) is 4.79 Å². The number of ether oxygens (including phenoxy) is 2. The van der Waals surface area contributed by atoms with E-state index >= 15 is 0 Å². The summed E-state index contributed by atoms with van der Waals surface area (Å²) in [5, 5.41) is 2.90. The fourth-order valence-electron chi connectivity index (χ4n) is 3.43. The Bertz CT molecular complexity index is 747. The molecule has 1 saturated carbocycles. The molecule has 1 aliphatic carbocycles. The van der Waals surface area contributed by atoms with Crippen LogP contribution in [0.1, 0.15) is 37.8 Å². The minimum absolute atomic E-state index is 0.103. The van der Waals surface area contributed by atoms with Crippen LogP contribution in [0, 0.1) is 5.92 Å². The normalized spacial score (nSPS) is 14.9. The summed E-state index contributed by atoms with van der Waals surface area (Å²) in [6, 6.07) is 18.6. The van der Waals surface area contributed by atoms with Crippen LogP contribution in [0.4, 0.5) is 0 Å². The predicted octanol–water partition coefficient (Wildman–Crippen LogP) is 3.42. The van der Waals surface area contributed by atoms with Crippen LogP contribution in [0.2, 0.25) is 0 Å². The SMILES string of the molecule is CCOC(C(=O)OCC(=O)N[C@@H](C)C1CC1)(c1ccccc1)c1ccccc1. The summed E-state index contributed by atoms with van der Waals surface area (Å²) in [7, 11) is 0. The zero-order chi connectivity index (χ0) is 20.0. The van der Waals surface area contributed by atoms with Gasteiger partial charge in [-0.15, -0.1) is 0 Å². The summed E-state index contributed by atoms with van der Waals surface area (Å²) in [6.45, 7) is 3.79. The molecule has 0 unspecified atom stereocenters. The van der Waals surface area contributed by atoms with E-state index in [4.69, 9.17) is 9.47 Å². The first-order valence-corrected chi connectivity index (χ1v) is 9.79. The van der Waals surface area contributed by atoms with Crippen LogP contribution < -0.4 is 5.32 Å². The molecule has 28 heavy (non-hydrogen) atoms. The largest absolute Gasteiger partial charge is 0.453 e. The smallest absolute Gasteiger partial charge is 0.348 e. The summed E-state index contributed by atoms with van der Waals surface area (Å²) in [6.07, 6.45) is 2.27. The molecule has 2 aromatic carbocycles. The Morgan fingerprint density at radius 2 is 1.57 bits per heavy atom. The highest BCUT2D eigenvalue weighted by molar-refractivity contribution is 5.88. The van der Waals surface area contributed by atoms with Crippen molar-refractivity contribution in [2.24, 2.45) is 5.92 Å². The Morgan fingerprint density at radius 3 is 2.04 bits per heavy atom. The number of nitrogens with one attached hydrogen (secondary N) is 1. The van der Waals surface area contributed by atoms with E-state index in [-0.39, 0.29) is 18.6 Å². The Hall–Kier alpha value is -2.66. The van der Waals surface area contributed by atoms with Gasteiger partial charge in [0.25, 0.3) is 5.91 Å².